The molecule has 1 fully saturated rings. The summed E-state index contributed by atoms with van der Waals surface area (Å²) in [6.07, 6.45) is 1.40. The summed E-state index contributed by atoms with van der Waals surface area (Å²) >= 11 is 0. The number of carbonyl (C=O) groups is 1. The molecule has 2 atom stereocenters. The van der Waals surface area contributed by atoms with Crippen molar-refractivity contribution in [3.8, 4) is 0 Å². The molecule has 0 amide bonds. The summed E-state index contributed by atoms with van der Waals surface area (Å²) in [5.74, 6) is 0.478. The fraction of sp³-hybridized carbons (Fsp3) is 0.588. The summed E-state index contributed by atoms with van der Waals surface area (Å²) < 4.78 is 12.8. The van der Waals surface area contributed by atoms with Gasteiger partial charge in [-0.1, -0.05) is 6.92 Å². The van der Waals surface area contributed by atoms with E-state index in [1.165, 1.54) is 12.1 Å². The van der Waals surface area contributed by atoms with E-state index in [2.05, 4.69) is 30.8 Å². The fourth-order valence-corrected chi connectivity index (χ4v) is 3.15. The van der Waals surface area contributed by atoms with E-state index < -0.39 is 0 Å². The van der Waals surface area contributed by atoms with E-state index >= 15 is 0 Å². The molecule has 1 aliphatic heterocycles. The van der Waals surface area contributed by atoms with Crippen LogP contribution in [0.15, 0.2) is 24.3 Å². The number of hydrogen-bond acceptors (Lipinski definition) is 3. The molecular weight excluding hydrogens is 267 g/mol. The summed E-state index contributed by atoms with van der Waals surface area (Å²) in [5, 5.41) is 0. The van der Waals surface area contributed by atoms with Crippen LogP contribution in [0.2, 0.25) is 0 Å². The molecule has 1 aromatic carbocycles. The first-order valence-corrected chi connectivity index (χ1v) is 7.65. The van der Waals surface area contributed by atoms with Gasteiger partial charge in [-0.15, -0.1) is 0 Å². The monoisotopic (exact) mass is 292 g/mol. The van der Waals surface area contributed by atoms with Gasteiger partial charge in [0.1, 0.15) is 5.82 Å². The van der Waals surface area contributed by atoms with E-state index in [9.17, 15) is 9.18 Å². The smallest absolute Gasteiger partial charge is 0.162 e. The van der Waals surface area contributed by atoms with Crippen LogP contribution < -0.4 is 0 Å². The Bertz CT molecular complexity index is 472. The lowest BCUT2D eigenvalue weighted by atomic mass is 10.1. The number of rotatable bonds is 6. The third-order valence-corrected chi connectivity index (χ3v) is 4.36. The summed E-state index contributed by atoms with van der Waals surface area (Å²) in [7, 11) is 4.26. The number of halogens is 1. The molecule has 1 heterocycles. The molecular formula is C17H25FN2O. The predicted octanol–water partition coefficient (Wildman–Crippen LogP) is 2.67. The Kier molecular flexibility index (Phi) is 5.48. The molecule has 0 aromatic heterocycles. The van der Waals surface area contributed by atoms with Crippen molar-refractivity contribution in [1.82, 2.24) is 9.80 Å². The average molecular weight is 292 g/mol. The number of nitrogens with zero attached hydrogens (tertiary/aromatic N) is 2. The van der Waals surface area contributed by atoms with Gasteiger partial charge in [-0.2, -0.15) is 0 Å². The van der Waals surface area contributed by atoms with E-state index in [0.29, 0.717) is 23.9 Å². The molecule has 2 rings (SSSR count). The Hall–Kier alpha value is -1.26. The van der Waals surface area contributed by atoms with Gasteiger partial charge < -0.3 is 9.80 Å². The standard InChI is InChI=1S/C17H25FN2O/c1-13-11-20(12-16(13)19(2)3)10-4-5-17(21)14-6-8-15(18)9-7-14/h6-9,13,16H,4-5,10-12H2,1-3H3. The third kappa shape index (κ3) is 4.35. The quantitative estimate of drug-likeness (QED) is 0.753. The molecule has 0 spiro atoms. The maximum Gasteiger partial charge on any atom is 0.162 e. The van der Waals surface area contributed by atoms with Crippen LogP contribution >= 0.6 is 0 Å². The van der Waals surface area contributed by atoms with E-state index in [-0.39, 0.29) is 11.6 Å². The van der Waals surface area contributed by atoms with Crippen molar-refractivity contribution in [2.45, 2.75) is 25.8 Å². The zero-order chi connectivity index (χ0) is 15.4. The summed E-state index contributed by atoms with van der Waals surface area (Å²) in [6, 6.07) is 6.43. The van der Waals surface area contributed by atoms with Crippen LogP contribution in [0.1, 0.15) is 30.1 Å². The number of ketones is 1. The Balaban J connectivity index is 1.75. The third-order valence-electron chi connectivity index (χ3n) is 4.36. The van der Waals surface area contributed by atoms with E-state index in [1.807, 2.05) is 0 Å². The van der Waals surface area contributed by atoms with E-state index in [4.69, 9.17) is 0 Å². The van der Waals surface area contributed by atoms with Gasteiger partial charge in [-0.25, -0.2) is 4.39 Å². The summed E-state index contributed by atoms with van der Waals surface area (Å²) in [6.45, 7) is 5.43. The van der Waals surface area contributed by atoms with Gasteiger partial charge in [0.25, 0.3) is 0 Å². The second kappa shape index (κ2) is 7.14. The molecule has 0 saturated carbocycles. The minimum atomic E-state index is -0.299. The lowest BCUT2D eigenvalue weighted by Gasteiger charge is -2.22. The van der Waals surface area contributed by atoms with Crippen molar-refractivity contribution in [3.05, 3.63) is 35.6 Å². The normalized spacial score (nSPS) is 22.9. The van der Waals surface area contributed by atoms with Crippen molar-refractivity contribution in [2.75, 3.05) is 33.7 Å². The molecule has 1 aliphatic rings. The topological polar surface area (TPSA) is 23.6 Å². The molecule has 2 unspecified atom stereocenters. The molecule has 0 N–H and O–H groups in total. The first kappa shape index (κ1) is 16.1. The number of carbonyl (C=O) groups excluding carboxylic acids is 1. The SMILES string of the molecule is CC1CN(CCCC(=O)c2ccc(F)cc2)CC1N(C)C. The van der Waals surface area contributed by atoms with Gasteiger partial charge in [0, 0.05) is 31.1 Å². The minimum absolute atomic E-state index is 0.103. The molecule has 4 heteroatoms. The van der Waals surface area contributed by atoms with Crippen LogP contribution in [0.25, 0.3) is 0 Å². The molecule has 21 heavy (non-hydrogen) atoms. The maximum atomic E-state index is 12.8. The molecule has 1 aromatic rings. The molecule has 3 nitrogen and oxygen atoms in total. The summed E-state index contributed by atoms with van der Waals surface area (Å²) in [4.78, 5) is 16.7. The van der Waals surface area contributed by atoms with Crippen LogP contribution in [0, 0.1) is 11.7 Å². The highest BCUT2D eigenvalue weighted by atomic mass is 19.1. The first-order valence-electron chi connectivity index (χ1n) is 7.65. The van der Waals surface area contributed by atoms with Gasteiger partial charge >= 0.3 is 0 Å². The van der Waals surface area contributed by atoms with Gasteiger partial charge in [0.05, 0.1) is 0 Å². The number of likely N-dealkylation sites (N-methyl/N-ethyl adjacent to an activating group) is 1. The van der Waals surface area contributed by atoms with Crippen LogP contribution in [-0.4, -0.2) is 55.4 Å². The Morgan fingerprint density at radius 3 is 2.52 bits per heavy atom. The Labute approximate surface area is 126 Å². The Morgan fingerprint density at radius 2 is 1.95 bits per heavy atom. The second-order valence-electron chi connectivity index (χ2n) is 6.30. The number of likely N-dealkylation sites (tertiary alicyclic amines) is 1. The predicted molar refractivity (Wildman–Crippen MR) is 83.0 cm³/mol. The van der Waals surface area contributed by atoms with Crippen molar-refractivity contribution in [1.29, 1.82) is 0 Å². The number of hydrogen-bond donors (Lipinski definition) is 0. The van der Waals surface area contributed by atoms with Crippen molar-refractivity contribution < 1.29 is 9.18 Å². The molecule has 0 radical (unpaired) electrons. The van der Waals surface area contributed by atoms with Crippen molar-refractivity contribution in [3.63, 3.8) is 0 Å². The highest BCUT2D eigenvalue weighted by Crippen LogP contribution is 2.20. The first-order chi connectivity index (χ1) is 9.97. The lowest BCUT2D eigenvalue weighted by Crippen LogP contribution is -2.34. The lowest BCUT2D eigenvalue weighted by molar-refractivity contribution is 0.0975. The fourth-order valence-electron chi connectivity index (χ4n) is 3.15. The highest BCUT2D eigenvalue weighted by molar-refractivity contribution is 5.95. The molecule has 1 saturated heterocycles. The van der Waals surface area contributed by atoms with E-state index in [1.54, 1.807) is 12.1 Å². The molecule has 0 aliphatic carbocycles. The van der Waals surface area contributed by atoms with Crippen molar-refractivity contribution >= 4 is 5.78 Å². The highest BCUT2D eigenvalue weighted by Gasteiger charge is 2.30. The van der Waals surface area contributed by atoms with Crippen LogP contribution in [0.3, 0.4) is 0 Å². The molecule has 116 valence electrons. The maximum absolute atomic E-state index is 12.8. The zero-order valence-electron chi connectivity index (χ0n) is 13.2. The minimum Gasteiger partial charge on any atom is -0.305 e. The number of benzene rings is 1. The van der Waals surface area contributed by atoms with Crippen LogP contribution in [0.5, 0.6) is 0 Å². The zero-order valence-corrected chi connectivity index (χ0v) is 13.2. The average Bonchev–Trinajstić information content (AvgIpc) is 2.80. The van der Waals surface area contributed by atoms with Gasteiger partial charge in [0.15, 0.2) is 5.78 Å². The second-order valence-corrected chi connectivity index (χ2v) is 6.30. The van der Waals surface area contributed by atoms with Crippen molar-refractivity contribution in [2.24, 2.45) is 5.92 Å². The number of Topliss-reactive ketones (excluding diaryl/α,β-unsaturated/α-hetero) is 1. The Morgan fingerprint density at radius 1 is 1.29 bits per heavy atom. The molecule has 0 bridgehead atoms. The largest absolute Gasteiger partial charge is 0.305 e. The van der Waals surface area contributed by atoms with Crippen LogP contribution in [0.4, 0.5) is 4.39 Å². The summed E-state index contributed by atoms with van der Waals surface area (Å²) in [5.41, 5.74) is 0.609. The van der Waals surface area contributed by atoms with Gasteiger partial charge in [-0.3, -0.25) is 4.79 Å². The van der Waals surface area contributed by atoms with Gasteiger partial charge in [0.2, 0.25) is 0 Å². The van der Waals surface area contributed by atoms with Crippen LogP contribution in [-0.2, 0) is 0 Å². The van der Waals surface area contributed by atoms with Gasteiger partial charge in [-0.05, 0) is 57.2 Å². The van der Waals surface area contributed by atoms with E-state index in [0.717, 1.165) is 26.1 Å².